The molecule has 9 heteroatoms. The number of carboxylic acid groups (broad SMARTS) is 1. The molecule has 1 heterocycles. The van der Waals surface area contributed by atoms with Crippen LogP contribution < -0.4 is 9.62 Å². The topological polar surface area (TPSA) is 123 Å². The Morgan fingerprint density at radius 1 is 1.03 bits per heavy atom. The van der Waals surface area contributed by atoms with Crippen LogP contribution in [0.1, 0.15) is 24.4 Å². The number of rotatable bonds is 8. The van der Waals surface area contributed by atoms with Crippen molar-refractivity contribution in [3.05, 3.63) is 72.7 Å². The van der Waals surface area contributed by atoms with Crippen LogP contribution in [-0.4, -0.2) is 31.8 Å². The maximum Gasteiger partial charge on any atom is 0.327 e. The van der Waals surface area contributed by atoms with Crippen LogP contribution in [0.3, 0.4) is 0 Å². The Bertz CT molecular complexity index is 1060. The number of hydrogen-bond donors (Lipinski definition) is 2. The van der Waals surface area contributed by atoms with Crippen molar-refractivity contribution in [2.75, 3.05) is 9.62 Å². The van der Waals surface area contributed by atoms with Gasteiger partial charge in [-0.1, -0.05) is 38.1 Å². The van der Waals surface area contributed by atoms with Gasteiger partial charge in [0.25, 0.3) is 5.91 Å². The minimum atomic E-state index is -2.74. The second-order valence-corrected chi connectivity index (χ2v) is 7.95. The van der Waals surface area contributed by atoms with Gasteiger partial charge < -0.3 is 19.4 Å². The van der Waals surface area contributed by atoms with Gasteiger partial charge in [-0.15, -0.1) is 0 Å². The van der Waals surface area contributed by atoms with Crippen molar-refractivity contribution in [3.8, 4) is 11.1 Å². The molecule has 1 amide bonds. The fourth-order valence-electron chi connectivity index (χ4n) is 3.14. The Balaban J connectivity index is 1.78. The second kappa shape index (κ2) is 9.59. The third kappa shape index (κ3) is 5.19. The van der Waals surface area contributed by atoms with Crippen molar-refractivity contribution >= 4 is 34.5 Å². The number of carbonyl (C=O) groups is 2. The highest BCUT2D eigenvalue weighted by atomic mass is 32.2. The minimum Gasteiger partial charge on any atom is -0.755 e. The molecule has 8 nitrogen and oxygen atoms in total. The largest absolute Gasteiger partial charge is 0.755 e. The molecule has 0 fully saturated rings. The van der Waals surface area contributed by atoms with E-state index in [-0.39, 0.29) is 17.4 Å². The van der Waals surface area contributed by atoms with Gasteiger partial charge in [0.1, 0.15) is 6.04 Å². The highest BCUT2D eigenvalue weighted by Crippen LogP contribution is 2.28. The molecule has 1 aromatic heterocycles. The fourth-order valence-corrected chi connectivity index (χ4v) is 3.96. The summed E-state index contributed by atoms with van der Waals surface area (Å²) in [5.41, 5.74) is 2.51. The Kier molecular flexibility index (Phi) is 6.88. The van der Waals surface area contributed by atoms with Crippen LogP contribution in [0, 0.1) is 5.92 Å². The average molecular weight is 441 g/mol. The summed E-state index contributed by atoms with van der Waals surface area (Å²) in [6.45, 7) is 3.30. The Hall–Kier alpha value is -3.43. The van der Waals surface area contributed by atoms with Crippen molar-refractivity contribution in [1.29, 1.82) is 0 Å². The van der Waals surface area contributed by atoms with Crippen molar-refractivity contribution in [2.24, 2.45) is 5.92 Å². The van der Waals surface area contributed by atoms with E-state index in [9.17, 15) is 23.5 Å². The molecule has 0 spiro atoms. The number of hydrogen-bond acceptors (Lipinski definition) is 5. The van der Waals surface area contributed by atoms with E-state index < -0.39 is 29.2 Å². The lowest BCUT2D eigenvalue weighted by molar-refractivity contribution is -0.139. The summed E-state index contributed by atoms with van der Waals surface area (Å²) in [4.78, 5) is 23.6. The van der Waals surface area contributed by atoms with Crippen molar-refractivity contribution in [3.63, 3.8) is 0 Å². The molecule has 0 saturated carbocycles. The smallest absolute Gasteiger partial charge is 0.327 e. The van der Waals surface area contributed by atoms with Crippen LogP contribution in [-0.2, 0) is 16.1 Å². The predicted octanol–water partition coefficient (Wildman–Crippen LogP) is 3.91. The molecule has 0 saturated heterocycles. The standard InChI is InChI=1S/C22H22N2O6S/c1-14(2)20(22(26)27)24(31(28)29)18-11-7-16(8-12-18)15-5-9-17(10-6-15)23-21(25)19-4-3-13-30-19/h3-14,20H,1-2H3,(H,23,25)(H,26,27)(H,28,29)/p-1. The molecular formula is C22H21N2O6S-. The van der Waals surface area contributed by atoms with E-state index in [0.717, 1.165) is 15.4 Å². The number of nitrogens with one attached hydrogen (secondary N) is 1. The quantitative estimate of drug-likeness (QED) is 0.511. The molecule has 0 radical (unpaired) electrons. The molecule has 3 rings (SSSR count). The Morgan fingerprint density at radius 3 is 2.06 bits per heavy atom. The van der Waals surface area contributed by atoms with Gasteiger partial charge in [-0.05, 0) is 53.4 Å². The van der Waals surface area contributed by atoms with Gasteiger partial charge in [0.15, 0.2) is 5.76 Å². The van der Waals surface area contributed by atoms with Gasteiger partial charge in [-0.3, -0.25) is 13.3 Å². The fraction of sp³-hybridized carbons (Fsp3) is 0.182. The monoisotopic (exact) mass is 441 g/mol. The van der Waals surface area contributed by atoms with Gasteiger partial charge in [0, 0.05) is 22.6 Å². The zero-order chi connectivity index (χ0) is 22.5. The molecule has 0 aliphatic carbocycles. The molecule has 2 N–H and O–H groups in total. The number of nitrogens with zero attached hydrogens (tertiary/aromatic N) is 1. The van der Waals surface area contributed by atoms with Crippen LogP contribution in [0.25, 0.3) is 11.1 Å². The van der Waals surface area contributed by atoms with Gasteiger partial charge in [-0.2, -0.15) is 0 Å². The summed E-state index contributed by atoms with van der Waals surface area (Å²) in [7, 11) is 0. The Labute approximate surface area is 181 Å². The normalized spacial score (nSPS) is 12.9. The average Bonchev–Trinajstić information content (AvgIpc) is 3.27. The van der Waals surface area contributed by atoms with Crippen LogP contribution >= 0.6 is 0 Å². The number of furan rings is 1. The first-order valence-electron chi connectivity index (χ1n) is 9.44. The molecule has 31 heavy (non-hydrogen) atoms. The van der Waals surface area contributed by atoms with Crippen LogP contribution in [0.15, 0.2) is 71.3 Å². The summed E-state index contributed by atoms with van der Waals surface area (Å²) < 4.78 is 29.4. The zero-order valence-electron chi connectivity index (χ0n) is 16.8. The van der Waals surface area contributed by atoms with Crippen molar-refractivity contribution < 1.29 is 27.9 Å². The molecule has 2 unspecified atom stereocenters. The van der Waals surface area contributed by atoms with Crippen molar-refractivity contribution in [2.45, 2.75) is 19.9 Å². The highest BCUT2D eigenvalue weighted by molar-refractivity contribution is 7.80. The molecule has 0 bridgehead atoms. The molecular weight excluding hydrogens is 420 g/mol. The molecule has 2 atom stereocenters. The number of aliphatic carboxylic acids is 1. The third-order valence-electron chi connectivity index (χ3n) is 4.64. The number of anilines is 2. The number of carboxylic acids is 1. The SMILES string of the molecule is CC(C)C(C(=O)O)N(c1ccc(-c2ccc(NC(=O)c3ccco3)cc2)cc1)S(=O)[O-]. The summed E-state index contributed by atoms with van der Waals surface area (Å²) in [6, 6.07) is 15.6. The summed E-state index contributed by atoms with van der Waals surface area (Å²) in [6.07, 6.45) is 1.42. The first-order valence-corrected chi connectivity index (χ1v) is 10.5. The van der Waals surface area contributed by atoms with Crippen LogP contribution in [0.2, 0.25) is 0 Å². The van der Waals surface area contributed by atoms with E-state index in [4.69, 9.17) is 4.42 Å². The van der Waals surface area contributed by atoms with E-state index in [0.29, 0.717) is 5.69 Å². The highest BCUT2D eigenvalue weighted by Gasteiger charge is 2.30. The molecule has 0 aliphatic rings. The predicted molar refractivity (Wildman–Crippen MR) is 116 cm³/mol. The van der Waals surface area contributed by atoms with Gasteiger partial charge in [0.05, 0.1) is 6.26 Å². The van der Waals surface area contributed by atoms with Crippen LogP contribution in [0.5, 0.6) is 0 Å². The Morgan fingerprint density at radius 2 is 1.61 bits per heavy atom. The lowest BCUT2D eigenvalue weighted by Crippen LogP contribution is -2.45. The summed E-state index contributed by atoms with van der Waals surface area (Å²) >= 11 is -2.74. The van der Waals surface area contributed by atoms with Gasteiger partial charge in [-0.25, -0.2) is 4.79 Å². The van der Waals surface area contributed by atoms with Gasteiger partial charge >= 0.3 is 5.97 Å². The van der Waals surface area contributed by atoms with Crippen LogP contribution in [0.4, 0.5) is 11.4 Å². The summed E-state index contributed by atoms with van der Waals surface area (Å²) in [5, 5.41) is 12.2. The summed E-state index contributed by atoms with van der Waals surface area (Å²) in [5.74, 6) is -1.78. The lowest BCUT2D eigenvalue weighted by Gasteiger charge is -2.34. The lowest BCUT2D eigenvalue weighted by atomic mass is 10.0. The van der Waals surface area contributed by atoms with E-state index in [2.05, 4.69) is 5.32 Å². The number of benzene rings is 2. The molecule has 162 valence electrons. The molecule has 3 aromatic rings. The third-order valence-corrected chi connectivity index (χ3v) is 5.40. The van der Waals surface area contributed by atoms with Gasteiger partial charge in [0.2, 0.25) is 0 Å². The first-order chi connectivity index (χ1) is 14.8. The maximum atomic E-state index is 12.0. The van der Waals surface area contributed by atoms with E-state index in [1.165, 1.54) is 6.26 Å². The zero-order valence-corrected chi connectivity index (χ0v) is 17.7. The number of amides is 1. The first kappa shape index (κ1) is 22.3. The second-order valence-electron chi connectivity index (χ2n) is 7.13. The maximum absolute atomic E-state index is 12.0. The van der Waals surface area contributed by atoms with E-state index in [1.807, 2.05) is 12.1 Å². The van der Waals surface area contributed by atoms with E-state index in [1.54, 1.807) is 62.4 Å². The minimum absolute atomic E-state index is 0.209. The molecule has 2 aromatic carbocycles. The number of carbonyl (C=O) groups excluding carboxylic acids is 1. The molecule has 0 aliphatic heterocycles. The van der Waals surface area contributed by atoms with E-state index >= 15 is 0 Å². The van der Waals surface area contributed by atoms with Crippen molar-refractivity contribution in [1.82, 2.24) is 0 Å².